The standard InChI is InChI=1S/C17H25N5S.HI/c1-2-19-17(20-9-6-12-22-13-10-18-15-22)21-11-14-23-16-7-4-3-5-8-16;/h3-5,7-8,10,13,15H,2,6,9,11-12,14H2,1H3,(H2,19,20,21);1H. The topological polar surface area (TPSA) is 54.2 Å². The number of nitrogens with one attached hydrogen (secondary N) is 2. The first-order valence-electron chi connectivity index (χ1n) is 8.04. The van der Waals surface area contributed by atoms with Crippen LogP contribution in [0.25, 0.3) is 0 Å². The molecular weight excluding hydrogens is 433 g/mol. The van der Waals surface area contributed by atoms with Crippen molar-refractivity contribution in [3.63, 3.8) is 0 Å². The molecule has 1 aromatic heterocycles. The minimum atomic E-state index is 0. The molecule has 0 aliphatic rings. The lowest BCUT2D eigenvalue weighted by Crippen LogP contribution is -2.38. The van der Waals surface area contributed by atoms with Crippen molar-refractivity contribution in [2.45, 2.75) is 24.8 Å². The molecule has 0 bridgehead atoms. The number of imidazole rings is 1. The Morgan fingerprint density at radius 3 is 2.79 bits per heavy atom. The third-order valence-corrected chi connectivity index (χ3v) is 4.17. The minimum absolute atomic E-state index is 0. The quantitative estimate of drug-likeness (QED) is 0.199. The van der Waals surface area contributed by atoms with Gasteiger partial charge in [-0.05, 0) is 25.5 Å². The number of guanidine groups is 1. The van der Waals surface area contributed by atoms with Gasteiger partial charge in [0, 0.05) is 49.2 Å². The summed E-state index contributed by atoms with van der Waals surface area (Å²) in [6.07, 6.45) is 6.63. The number of aliphatic imine (C=N–C) groups is 1. The first-order chi connectivity index (χ1) is 11.4. The Morgan fingerprint density at radius 1 is 1.25 bits per heavy atom. The molecule has 0 aliphatic heterocycles. The molecule has 2 aromatic rings. The SMILES string of the molecule is CCNC(=NCCCn1ccnc1)NCCSc1ccccc1.I. The van der Waals surface area contributed by atoms with Gasteiger partial charge in [-0.15, -0.1) is 35.7 Å². The van der Waals surface area contributed by atoms with E-state index in [9.17, 15) is 0 Å². The van der Waals surface area contributed by atoms with E-state index in [1.165, 1.54) is 4.90 Å². The molecule has 0 saturated heterocycles. The van der Waals surface area contributed by atoms with Crippen LogP contribution < -0.4 is 10.6 Å². The van der Waals surface area contributed by atoms with Crippen LogP contribution in [0.3, 0.4) is 0 Å². The number of aromatic nitrogens is 2. The molecule has 2 N–H and O–H groups in total. The maximum absolute atomic E-state index is 4.61. The molecule has 0 fully saturated rings. The number of benzene rings is 1. The van der Waals surface area contributed by atoms with E-state index in [0.29, 0.717) is 0 Å². The zero-order chi connectivity index (χ0) is 16.2. The van der Waals surface area contributed by atoms with Gasteiger partial charge in [0.1, 0.15) is 0 Å². The van der Waals surface area contributed by atoms with Crippen molar-refractivity contribution in [2.24, 2.45) is 4.99 Å². The Labute approximate surface area is 165 Å². The molecule has 0 amide bonds. The van der Waals surface area contributed by atoms with Crippen LogP contribution in [0.2, 0.25) is 0 Å². The van der Waals surface area contributed by atoms with Crippen molar-refractivity contribution in [3.8, 4) is 0 Å². The Kier molecular flexibility index (Phi) is 11.4. The lowest BCUT2D eigenvalue weighted by Gasteiger charge is -2.11. The molecule has 0 radical (unpaired) electrons. The monoisotopic (exact) mass is 459 g/mol. The first kappa shape index (κ1) is 20.8. The van der Waals surface area contributed by atoms with E-state index in [2.05, 4.69) is 56.4 Å². The van der Waals surface area contributed by atoms with Gasteiger partial charge in [0.25, 0.3) is 0 Å². The van der Waals surface area contributed by atoms with Gasteiger partial charge in [-0.3, -0.25) is 4.99 Å². The number of aryl methyl sites for hydroxylation is 1. The highest BCUT2D eigenvalue weighted by Gasteiger charge is 1.98. The van der Waals surface area contributed by atoms with E-state index < -0.39 is 0 Å². The Morgan fingerprint density at radius 2 is 2.08 bits per heavy atom. The van der Waals surface area contributed by atoms with Gasteiger partial charge in [-0.25, -0.2) is 4.98 Å². The Hall–Kier alpha value is -1.22. The number of halogens is 1. The van der Waals surface area contributed by atoms with Crippen LogP contribution in [0.1, 0.15) is 13.3 Å². The van der Waals surface area contributed by atoms with Gasteiger partial charge in [0.15, 0.2) is 5.96 Å². The molecule has 132 valence electrons. The second-order valence-corrected chi connectivity index (χ2v) is 6.17. The van der Waals surface area contributed by atoms with Crippen LogP contribution in [-0.4, -0.2) is 40.9 Å². The fraction of sp³-hybridized carbons (Fsp3) is 0.412. The smallest absolute Gasteiger partial charge is 0.191 e. The van der Waals surface area contributed by atoms with Crippen molar-refractivity contribution in [2.75, 3.05) is 25.4 Å². The number of thioether (sulfide) groups is 1. The summed E-state index contributed by atoms with van der Waals surface area (Å²) in [5.74, 6) is 1.91. The fourth-order valence-electron chi connectivity index (χ4n) is 2.06. The van der Waals surface area contributed by atoms with Gasteiger partial charge >= 0.3 is 0 Å². The summed E-state index contributed by atoms with van der Waals surface area (Å²) < 4.78 is 2.08. The maximum atomic E-state index is 4.61. The average molecular weight is 459 g/mol. The average Bonchev–Trinajstić information content (AvgIpc) is 3.10. The Bertz CT molecular complexity index is 560. The number of rotatable bonds is 9. The summed E-state index contributed by atoms with van der Waals surface area (Å²) in [5.41, 5.74) is 0. The highest BCUT2D eigenvalue weighted by atomic mass is 127. The lowest BCUT2D eigenvalue weighted by molar-refractivity contribution is 0.647. The largest absolute Gasteiger partial charge is 0.357 e. The molecular formula is C17H26IN5S. The van der Waals surface area contributed by atoms with Gasteiger partial charge in [0.2, 0.25) is 0 Å². The number of hydrogen-bond acceptors (Lipinski definition) is 3. The molecule has 1 heterocycles. The second-order valence-electron chi connectivity index (χ2n) is 5.00. The van der Waals surface area contributed by atoms with E-state index in [-0.39, 0.29) is 24.0 Å². The van der Waals surface area contributed by atoms with Crippen molar-refractivity contribution in [1.82, 2.24) is 20.2 Å². The van der Waals surface area contributed by atoms with Gasteiger partial charge in [0.05, 0.1) is 6.33 Å². The normalized spacial score (nSPS) is 11.0. The van der Waals surface area contributed by atoms with E-state index >= 15 is 0 Å². The molecule has 2 rings (SSSR count). The summed E-state index contributed by atoms with van der Waals surface area (Å²) in [6.45, 7) is 5.61. The van der Waals surface area contributed by atoms with Gasteiger partial charge in [-0.2, -0.15) is 0 Å². The van der Waals surface area contributed by atoms with E-state index in [1.54, 1.807) is 6.20 Å². The van der Waals surface area contributed by atoms with Crippen LogP contribution in [0.5, 0.6) is 0 Å². The fourth-order valence-corrected chi connectivity index (χ4v) is 2.85. The molecule has 0 atom stereocenters. The van der Waals surface area contributed by atoms with Crippen molar-refractivity contribution < 1.29 is 0 Å². The maximum Gasteiger partial charge on any atom is 0.191 e. The molecule has 0 aliphatic carbocycles. The molecule has 7 heteroatoms. The van der Waals surface area contributed by atoms with Crippen molar-refractivity contribution in [1.29, 1.82) is 0 Å². The van der Waals surface area contributed by atoms with Crippen LogP contribution in [-0.2, 0) is 6.54 Å². The predicted molar refractivity (Wildman–Crippen MR) is 113 cm³/mol. The highest BCUT2D eigenvalue weighted by molar-refractivity contribution is 14.0. The number of nitrogens with zero attached hydrogens (tertiary/aromatic N) is 3. The third-order valence-electron chi connectivity index (χ3n) is 3.15. The molecule has 0 spiro atoms. The Balaban J connectivity index is 0.00000288. The summed E-state index contributed by atoms with van der Waals surface area (Å²) in [7, 11) is 0. The van der Waals surface area contributed by atoms with Crippen LogP contribution in [0.15, 0.2) is 58.9 Å². The van der Waals surface area contributed by atoms with Gasteiger partial charge in [-0.1, -0.05) is 18.2 Å². The minimum Gasteiger partial charge on any atom is -0.357 e. The van der Waals surface area contributed by atoms with Crippen molar-refractivity contribution in [3.05, 3.63) is 49.1 Å². The summed E-state index contributed by atoms with van der Waals surface area (Å²) in [4.78, 5) is 9.95. The first-order valence-corrected chi connectivity index (χ1v) is 9.03. The predicted octanol–water partition coefficient (Wildman–Crippen LogP) is 3.24. The molecule has 0 saturated carbocycles. The summed E-state index contributed by atoms with van der Waals surface area (Å²) in [6, 6.07) is 10.5. The molecule has 0 unspecified atom stereocenters. The van der Waals surface area contributed by atoms with Crippen LogP contribution in [0.4, 0.5) is 0 Å². The van der Waals surface area contributed by atoms with Gasteiger partial charge < -0.3 is 15.2 Å². The highest BCUT2D eigenvalue weighted by Crippen LogP contribution is 2.15. The third kappa shape index (κ3) is 8.58. The second kappa shape index (κ2) is 13.1. The summed E-state index contributed by atoms with van der Waals surface area (Å²) >= 11 is 1.85. The summed E-state index contributed by atoms with van der Waals surface area (Å²) in [5, 5.41) is 6.67. The van der Waals surface area contributed by atoms with E-state index in [4.69, 9.17) is 0 Å². The van der Waals surface area contributed by atoms with Crippen molar-refractivity contribution >= 4 is 41.7 Å². The molecule has 24 heavy (non-hydrogen) atoms. The number of hydrogen-bond donors (Lipinski definition) is 2. The lowest BCUT2D eigenvalue weighted by atomic mass is 10.4. The van der Waals surface area contributed by atoms with E-state index in [0.717, 1.165) is 44.3 Å². The van der Waals surface area contributed by atoms with Crippen LogP contribution in [0, 0.1) is 0 Å². The molecule has 5 nitrogen and oxygen atoms in total. The van der Waals surface area contributed by atoms with Crippen LogP contribution >= 0.6 is 35.7 Å². The zero-order valence-corrected chi connectivity index (χ0v) is 17.2. The molecule has 1 aromatic carbocycles. The zero-order valence-electron chi connectivity index (χ0n) is 14.0. The van der Waals surface area contributed by atoms with E-state index in [1.807, 2.05) is 30.4 Å².